The second-order valence-corrected chi connectivity index (χ2v) is 5.49. The van der Waals surface area contributed by atoms with Gasteiger partial charge in [0.15, 0.2) is 0 Å². The third kappa shape index (κ3) is 4.83. The number of carbonyl (C=O) groups is 1. The fraction of sp³-hybridized carbons (Fsp3) is 0.417. The van der Waals surface area contributed by atoms with E-state index in [9.17, 15) is 9.18 Å². The molecule has 0 saturated carbocycles. The molecule has 0 atom stereocenters. The fourth-order valence-corrected chi connectivity index (χ4v) is 1.70. The first-order valence-electron chi connectivity index (χ1n) is 5.32. The zero-order valence-corrected chi connectivity index (χ0v) is 11.5. The molecule has 0 unspecified atom stereocenters. The van der Waals surface area contributed by atoms with Gasteiger partial charge in [-0.05, 0) is 48.3 Å². The van der Waals surface area contributed by atoms with Crippen molar-refractivity contribution in [1.29, 1.82) is 0 Å². The maximum atomic E-state index is 13.4. The van der Waals surface area contributed by atoms with Crippen LogP contribution in [0.15, 0.2) is 22.7 Å². The molecule has 1 amide bonds. The lowest BCUT2D eigenvalue weighted by molar-refractivity contribution is -0.116. The van der Waals surface area contributed by atoms with Gasteiger partial charge < -0.3 is 11.1 Å². The predicted octanol–water partition coefficient (Wildman–Crippen LogP) is 3.04. The smallest absolute Gasteiger partial charge is 0.224 e. The molecule has 0 fully saturated rings. The van der Waals surface area contributed by atoms with Crippen molar-refractivity contribution in [2.45, 2.75) is 32.2 Å². The minimum Gasteiger partial charge on any atom is -0.326 e. The fourth-order valence-electron chi connectivity index (χ4n) is 1.25. The molecular weight excluding hydrogens is 287 g/mol. The van der Waals surface area contributed by atoms with E-state index in [-0.39, 0.29) is 18.0 Å². The maximum Gasteiger partial charge on any atom is 0.224 e. The highest BCUT2D eigenvalue weighted by Crippen LogP contribution is 2.25. The Morgan fingerprint density at radius 1 is 1.53 bits per heavy atom. The van der Waals surface area contributed by atoms with Crippen LogP contribution in [0.25, 0.3) is 0 Å². The number of amides is 1. The van der Waals surface area contributed by atoms with Crippen LogP contribution in [-0.2, 0) is 4.79 Å². The van der Waals surface area contributed by atoms with Gasteiger partial charge in [-0.2, -0.15) is 0 Å². The lowest BCUT2D eigenvalue weighted by Gasteiger charge is -2.17. The minimum atomic E-state index is -0.459. The Hall–Kier alpha value is -0.940. The molecule has 1 aromatic rings. The first kappa shape index (κ1) is 14.1. The van der Waals surface area contributed by atoms with E-state index in [1.807, 2.05) is 13.8 Å². The first-order chi connectivity index (χ1) is 7.79. The Bertz CT molecular complexity index is 395. The highest BCUT2D eigenvalue weighted by Gasteiger charge is 2.15. The molecule has 1 aromatic carbocycles. The monoisotopic (exact) mass is 302 g/mol. The number of benzene rings is 1. The van der Waals surface area contributed by atoms with Crippen LogP contribution in [0.5, 0.6) is 0 Å². The minimum absolute atomic E-state index is 0.173. The van der Waals surface area contributed by atoms with Crippen LogP contribution >= 0.6 is 15.9 Å². The molecule has 5 heteroatoms. The number of rotatable bonds is 4. The molecule has 0 radical (unpaired) electrons. The number of nitrogens with two attached hydrogens (primary N) is 1. The van der Waals surface area contributed by atoms with Crippen molar-refractivity contribution >= 4 is 27.5 Å². The van der Waals surface area contributed by atoms with E-state index in [0.717, 1.165) is 0 Å². The van der Waals surface area contributed by atoms with Gasteiger partial charge in [0.25, 0.3) is 0 Å². The molecule has 3 N–H and O–H groups in total. The Balaban J connectivity index is 2.63. The van der Waals surface area contributed by atoms with Gasteiger partial charge in [-0.3, -0.25) is 4.79 Å². The molecule has 0 bridgehead atoms. The number of halogens is 2. The Kier molecular flexibility index (Phi) is 4.65. The van der Waals surface area contributed by atoms with Crippen molar-refractivity contribution in [3.63, 3.8) is 0 Å². The lowest BCUT2D eigenvalue weighted by atomic mass is 10.00. The van der Waals surface area contributed by atoms with Gasteiger partial charge in [0.1, 0.15) is 5.82 Å². The van der Waals surface area contributed by atoms with E-state index >= 15 is 0 Å². The topological polar surface area (TPSA) is 55.1 Å². The zero-order valence-electron chi connectivity index (χ0n) is 9.89. The molecule has 17 heavy (non-hydrogen) atoms. The maximum absolute atomic E-state index is 13.4. The molecule has 94 valence electrons. The van der Waals surface area contributed by atoms with Gasteiger partial charge >= 0.3 is 0 Å². The molecule has 0 aliphatic carbocycles. The quantitative estimate of drug-likeness (QED) is 0.898. The molecular formula is C12H16BrFN2O. The van der Waals surface area contributed by atoms with Crippen molar-refractivity contribution in [2.75, 3.05) is 5.32 Å². The third-order valence-corrected chi connectivity index (χ3v) is 2.88. The number of para-hydroxylation sites is 1. The highest BCUT2D eigenvalue weighted by molar-refractivity contribution is 9.10. The zero-order chi connectivity index (χ0) is 13.1. The Morgan fingerprint density at radius 3 is 2.71 bits per heavy atom. The summed E-state index contributed by atoms with van der Waals surface area (Å²) >= 11 is 3.19. The largest absolute Gasteiger partial charge is 0.326 e. The van der Waals surface area contributed by atoms with Crippen molar-refractivity contribution in [3.05, 3.63) is 28.5 Å². The van der Waals surface area contributed by atoms with Crippen molar-refractivity contribution in [2.24, 2.45) is 5.73 Å². The van der Waals surface area contributed by atoms with Crippen LogP contribution in [0.3, 0.4) is 0 Å². The predicted molar refractivity (Wildman–Crippen MR) is 70.2 cm³/mol. The summed E-state index contributed by atoms with van der Waals surface area (Å²) in [6.07, 6.45) is 0.815. The van der Waals surface area contributed by atoms with Crippen LogP contribution in [0.2, 0.25) is 0 Å². The van der Waals surface area contributed by atoms with Crippen LogP contribution < -0.4 is 11.1 Å². The molecule has 0 saturated heterocycles. The van der Waals surface area contributed by atoms with Crippen molar-refractivity contribution in [3.8, 4) is 0 Å². The SMILES string of the molecule is CC(C)(N)CCC(=O)Nc1c(F)cccc1Br. The molecule has 0 heterocycles. The van der Waals surface area contributed by atoms with E-state index < -0.39 is 11.4 Å². The van der Waals surface area contributed by atoms with E-state index in [4.69, 9.17) is 5.73 Å². The highest BCUT2D eigenvalue weighted by atomic mass is 79.9. The van der Waals surface area contributed by atoms with Crippen LogP contribution in [0.1, 0.15) is 26.7 Å². The first-order valence-corrected chi connectivity index (χ1v) is 6.11. The van der Waals surface area contributed by atoms with Crippen molar-refractivity contribution in [1.82, 2.24) is 0 Å². The number of hydrogen-bond donors (Lipinski definition) is 2. The molecule has 0 aromatic heterocycles. The van der Waals surface area contributed by atoms with Crippen molar-refractivity contribution < 1.29 is 9.18 Å². The summed E-state index contributed by atoms with van der Waals surface area (Å²) in [7, 11) is 0. The van der Waals surface area contributed by atoms with E-state index in [1.165, 1.54) is 6.07 Å². The summed E-state index contributed by atoms with van der Waals surface area (Å²) < 4.78 is 13.9. The average molecular weight is 303 g/mol. The summed E-state index contributed by atoms with van der Waals surface area (Å²) in [5, 5.41) is 2.53. The van der Waals surface area contributed by atoms with Gasteiger partial charge in [0.2, 0.25) is 5.91 Å². The van der Waals surface area contributed by atoms with Crippen LogP contribution in [0, 0.1) is 5.82 Å². The van der Waals surface area contributed by atoms with Gasteiger partial charge in [0, 0.05) is 16.4 Å². The van der Waals surface area contributed by atoms with Gasteiger partial charge in [0.05, 0.1) is 5.69 Å². The standard InChI is InChI=1S/C12H16BrFN2O/c1-12(2,15)7-6-10(17)16-11-8(13)4-3-5-9(11)14/h3-5H,6-7,15H2,1-2H3,(H,16,17). The summed E-state index contributed by atoms with van der Waals surface area (Å²) in [5.74, 6) is -0.700. The van der Waals surface area contributed by atoms with Crippen LogP contribution in [-0.4, -0.2) is 11.4 Å². The summed E-state index contributed by atoms with van der Waals surface area (Å²) in [6, 6.07) is 4.54. The normalized spacial score (nSPS) is 11.4. The molecule has 3 nitrogen and oxygen atoms in total. The Morgan fingerprint density at radius 2 is 2.18 bits per heavy atom. The van der Waals surface area contributed by atoms with Crippen LogP contribution in [0.4, 0.5) is 10.1 Å². The third-order valence-electron chi connectivity index (χ3n) is 2.22. The summed E-state index contributed by atoms with van der Waals surface area (Å²) in [4.78, 5) is 11.6. The number of anilines is 1. The molecule has 0 spiro atoms. The number of hydrogen-bond acceptors (Lipinski definition) is 2. The molecule has 0 aliphatic rings. The summed E-state index contributed by atoms with van der Waals surface area (Å²) in [5.41, 5.74) is 5.55. The molecule has 0 aliphatic heterocycles. The second-order valence-electron chi connectivity index (χ2n) is 4.63. The van der Waals surface area contributed by atoms with E-state index in [0.29, 0.717) is 10.9 Å². The summed E-state index contributed by atoms with van der Waals surface area (Å²) in [6.45, 7) is 3.69. The van der Waals surface area contributed by atoms with Gasteiger partial charge in [-0.15, -0.1) is 0 Å². The lowest BCUT2D eigenvalue weighted by Crippen LogP contribution is -2.33. The average Bonchev–Trinajstić information content (AvgIpc) is 2.20. The second kappa shape index (κ2) is 5.60. The number of carbonyl (C=O) groups excluding carboxylic acids is 1. The molecule has 1 rings (SSSR count). The van der Waals surface area contributed by atoms with Gasteiger partial charge in [-0.1, -0.05) is 6.07 Å². The van der Waals surface area contributed by atoms with E-state index in [2.05, 4.69) is 21.2 Å². The van der Waals surface area contributed by atoms with E-state index in [1.54, 1.807) is 12.1 Å². The van der Waals surface area contributed by atoms with Gasteiger partial charge in [-0.25, -0.2) is 4.39 Å². The Labute approximate surface area is 109 Å². The number of nitrogens with one attached hydrogen (secondary N) is 1.